The number of ether oxygens (including phenoxy) is 3. The monoisotopic (exact) mass is 845 g/mol. The maximum Gasteiger partial charge on any atom is 0.306 e. The molecular formula is C55H88O6. The summed E-state index contributed by atoms with van der Waals surface area (Å²) in [6, 6.07) is 0. The highest BCUT2D eigenvalue weighted by molar-refractivity contribution is 5.71. The lowest BCUT2D eigenvalue weighted by Gasteiger charge is -2.18. The van der Waals surface area contributed by atoms with E-state index in [2.05, 4.69) is 130 Å². The third-order valence-electron chi connectivity index (χ3n) is 9.77. The molecule has 0 amide bonds. The maximum atomic E-state index is 12.7. The highest BCUT2D eigenvalue weighted by Crippen LogP contribution is 2.12. The lowest BCUT2D eigenvalue weighted by atomic mass is 10.1. The van der Waals surface area contributed by atoms with E-state index in [1.165, 1.54) is 25.7 Å². The van der Waals surface area contributed by atoms with Gasteiger partial charge in [-0.2, -0.15) is 0 Å². The van der Waals surface area contributed by atoms with Crippen LogP contribution in [0.1, 0.15) is 201 Å². The molecular weight excluding hydrogens is 757 g/mol. The molecule has 0 aliphatic carbocycles. The van der Waals surface area contributed by atoms with Gasteiger partial charge in [0.15, 0.2) is 6.10 Å². The van der Waals surface area contributed by atoms with Crippen LogP contribution >= 0.6 is 0 Å². The largest absolute Gasteiger partial charge is 0.462 e. The third-order valence-corrected chi connectivity index (χ3v) is 9.77. The Bertz CT molecular complexity index is 1290. The number of hydrogen-bond donors (Lipinski definition) is 0. The van der Waals surface area contributed by atoms with Crippen LogP contribution in [0.15, 0.2) is 109 Å². The number of unbranched alkanes of at least 4 members (excludes halogenated alkanes) is 13. The number of allylic oxidation sites excluding steroid dienone is 18. The Labute approximate surface area is 374 Å². The van der Waals surface area contributed by atoms with Crippen LogP contribution in [0.25, 0.3) is 0 Å². The van der Waals surface area contributed by atoms with E-state index in [1.807, 2.05) is 0 Å². The van der Waals surface area contributed by atoms with Crippen molar-refractivity contribution in [3.05, 3.63) is 109 Å². The van der Waals surface area contributed by atoms with Gasteiger partial charge in [0, 0.05) is 19.3 Å². The average Bonchev–Trinajstić information content (AvgIpc) is 3.26. The zero-order valence-electron chi connectivity index (χ0n) is 39.1. The molecule has 0 aliphatic rings. The lowest BCUT2D eigenvalue weighted by molar-refractivity contribution is -0.167. The van der Waals surface area contributed by atoms with Crippen molar-refractivity contribution in [2.75, 3.05) is 13.2 Å². The van der Waals surface area contributed by atoms with E-state index < -0.39 is 6.10 Å². The van der Waals surface area contributed by atoms with Crippen molar-refractivity contribution in [1.29, 1.82) is 0 Å². The molecule has 0 N–H and O–H groups in total. The molecule has 0 heterocycles. The SMILES string of the molecule is CC/C=C\C/C=C\C/C=C\C/C=C\C/C=C\C/C=C\CCCCC(=O)OCC(COC(=O)CCCCCCCCC)OC(=O)CCCCCCC/C=C\C/C=C\C/C=C\CC. The Morgan fingerprint density at radius 1 is 0.344 bits per heavy atom. The van der Waals surface area contributed by atoms with Crippen LogP contribution in [-0.4, -0.2) is 37.2 Å². The lowest BCUT2D eigenvalue weighted by Crippen LogP contribution is -2.30. The zero-order chi connectivity index (χ0) is 44.4. The van der Waals surface area contributed by atoms with E-state index in [1.54, 1.807) is 0 Å². The van der Waals surface area contributed by atoms with Crippen molar-refractivity contribution < 1.29 is 28.6 Å². The zero-order valence-corrected chi connectivity index (χ0v) is 39.1. The first kappa shape index (κ1) is 57.1. The Hall–Kier alpha value is -3.93. The van der Waals surface area contributed by atoms with Crippen LogP contribution in [-0.2, 0) is 28.6 Å². The van der Waals surface area contributed by atoms with Crippen LogP contribution < -0.4 is 0 Å². The standard InChI is InChI=1S/C55H88O6/c1-4-7-10-13-16-18-20-22-24-25-26-27-28-29-31-32-34-36-39-42-45-48-54(57)60-51-52(50-59-53(56)47-44-41-38-15-12-9-6-3)61-55(58)49-46-43-40-37-35-33-30-23-21-19-17-14-11-8-5-2/h7-8,10-11,16-19,22-24,26-27,29-31,34,36,52H,4-6,9,12-15,20-21,25,28,32-33,35,37-51H2,1-3H3/b10-7-,11-8-,18-16-,19-17-,24-22-,27-26-,30-23-,31-29-,36-34-. The van der Waals surface area contributed by atoms with Crippen molar-refractivity contribution in [2.45, 2.75) is 207 Å². The van der Waals surface area contributed by atoms with Crippen LogP contribution in [0, 0.1) is 0 Å². The van der Waals surface area contributed by atoms with E-state index in [0.717, 1.165) is 128 Å². The molecule has 0 spiro atoms. The van der Waals surface area contributed by atoms with E-state index in [-0.39, 0.29) is 31.1 Å². The molecule has 0 aromatic heterocycles. The first-order chi connectivity index (χ1) is 30.0. The summed E-state index contributed by atoms with van der Waals surface area (Å²) in [5.41, 5.74) is 0. The second kappa shape index (κ2) is 48.7. The number of rotatable bonds is 42. The Morgan fingerprint density at radius 2 is 0.639 bits per heavy atom. The smallest absolute Gasteiger partial charge is 0.306 e. The van der Waals surface area contributed by atoms with Crippen molar-refractivity contribution in [2.24, 2.45) is 0 Å². The predicted molar refractivity (Wildman–Crippen MR) is 260 cm³/mol. The van der Waals surface area contributed by atoms with Crippen molar-refractivity contribution in [3.63, 3.8) is 0 Å². The molecule has 0 aromatic rings. The summed E-state index contributed by atoms with van der Waals surface area (Å²) in [5, 5.41) is 0. The number of esters is 3. The van der Waals surface area contributed by atoms with E-state index >= 15 is 0 Å². The van der Waals surface area contributed by atoms with E-state index in [4.69, 9.17) is 14.2 Å². The molecule has 344 valence electrons. The Balaban J connectivity index is 4.40. The number of hydrogen-bond acceptors (Lipinski definition) is 6. The van der Waals surface area contributed by atoms with E-state index in [0.29, 0.717) is 25.7 Å². The van der Waals surface area contributed by atoms with Crippen molar-refractivity contribution in [1.82, 2.24) is 0 Å². The minimum atomic E-state index is -0.803. The molecule has 6 nitrogen and oxygen atoms in total. The maximum absolute atomic E-state index is 12.7. The van der Waals surface area contributed by atoms with Gasteiger partial charge in [-0.15, -0.1) is 0 Å². The van der Waals surface area contributed by atoms with Gasteiger partial charge in [-0.3, -0.25) is 14.4 Å². The molecule has 61 heavy (non-hydrogen) atoms. The normalized spacial score (nSPS) is 13.0. The van der Waals surface area contributed by atoms with E-state index in [9.17, 15) is 14.4 Å². The number of carbonyl (C=O) groups is 3. The first-order valence-electron chi connectivity index (χ1n) is 24.4. The van der Waals surface area contributed by atoms with Crippen molar-refractivity contribution in [3.8, 4) is 0 Å². The summed E-state index contributed by atoms with van der Waals surface area (Å²) in [5.74, 6) is -0.979. The Kier molecular flexibility index (Phi) is 45.6. The second-order valence-electron chi connectivity index (χ2n) is 15.6. The average molecular weight is 845 g/mol. The fourth-order valence-electron chi connectivity index (χ4n) is 6.16. The van der Waals surface area contributed by atoms with Gasteiger partial charge in [0.1, 0.15) is 13.2 Å². The molecule has 1 unspecified atom stereocenters. The van der Waals surface area contributed by atoms with Gasteiger partial charge in [0.25, 0.3) is 0 Å². The van der Waals surface area contributed by atoms with Crippen molar-refractivity contribution >= 4 is 17.9 Å². The molecule has 0 radical (unpaired) electrons. The third kappa shape index (κ3) is 47.0. The van der Waals surface area contributed by atoms with Gasteiger partial charge < -0.3 is 14.2 Å². The molecule has 1 atom stereocenters. The highest BCUT2D eigenvalue weighted by atomic mass is 16.6. The molecule has 0 fully saturated rings. The summed E-state index contributed by atoms with van der Waals surface area (Å²) in [6.07, 6.45) is 65.2. The molecule has 0 saturated carbocycles. The van der Waals surface area contributed by atoms with Crippen LogP contribution in [0.3, 0.4) is 0 Å². The van der Waals surface area contributed by atoms with Crippen LogP contribution in [0.4, 0.5) is 0 Å². The quantitative estimate of drug-likeness (QED) is 0.0264. The highest BCUT2D eigenvalue weighted by Gasteiger charge is 2.19. The molecule has 0 saturated heterocycles. The van der Waals surface area contributed by atoms with Gasteiger partial charge in [0.2, 0.25) is 0 Å². The fraction of sp³-hybridized carbons (Fsp3) is 0.618. The summed E-state index contributed by atoms with van der Waals surface area (Å²) in [7, 11) is 0. The van der Waals surface area contributed by atoms with Gasteiger partial charge in [0.05, 0.1) is 0 Å². The van der Waals surface area contributed by atoms with Gasteiger partial charge in [-0.1, -0.05) is 188 Å². The number of carbonyl (C=O) groups excluding carboxylic acids is 3. The minimum Gasteiger partial charge on any atom is -0.462 e. The molecule has 0 aliphatic heterocycles. The van der Waals surface area contributed by atoms with Gasteiger partial charge in [-0.05, 0) is 103 Å². The van der Waals surface area contributed by atoms with Gasteiger partial charge >= 0.3 is 17.9 Å². The topological polar surface area (TPSA) is 78.9 Å². The summed E-state index contributed by atoms with van der Waals surface area (Å²) in [4.78, 5) is 37.7. The molecule has 0 rings (SSSR count). The Morgan fingerprint density at radius 3 is 1.03 bits per heavy atom. The molecule has 0 bridgehead atoms. The fourth-order valence-corrected chi connectivity index (χ4v) is 6.16. The summed E-state index contributed by atoms with van der Waals surface area (Å²) >= 11 is 0. The second-order valence-corrected chi connectivity index (χ2v) is 15.6. The predicted octanol–water partition coefficient (Wildman–Crippen LogP) is 16.0. The van der Waals surface area contributed by atoms with Crippen LogP contribution in [0.5, 0.6) is 0 Å². The van der Waals surface area contributed by atoms with Gasteiger partial charge in [-0.25, -0.2) is 0 Å². The minimum absolute atomic E-state index is 0.101. The molecule has 0 aromatic carbocycles. The van der Waals surface area contributed by atoms with Crippen LogP contribution in [0.2, 0.25) is 0 Å². The summed E-state index contributed by atoms with van der Waals surface area (Å²) in [6.45, 7) is 6.29. The first-order valence-corrected chi connectivity index (χ1v) is 24.4. The molecule has 6 heteroatoms. The summed E-state index contributed by atoms with van der Waals surface area (Å²) < 4.78 is 16.6.